The molecule has 4 atom stereocenters. The van der Waals surface area contributed by atoms with E-state index in [2.05, 4.69) is 21.5 Å². The Morgan fingerprint density at radius 3 is 2.87 bits per heavy atom. The standard InChI is InChI=1S/C12H11F2N5O4/c1-2-10-7(21)11(10,22)12(13,14)8(23-10)19-3-16-4-5(19)17-9(15)18-6(4)20/h2-3,7-8,21-22H,1H2,(H3,15,17,18,20)/t7?,8-,10-,11+/m1/s1. The number of nitrogen functional groups attached to an aromatic ring is 1. The number of nitrogens with one attached hydrogen (secondary N) is 1. The SMILES string of the molecule is C=C[C@]12O[C@@H](n3cnc4c(=O)[nH]c(N)nc43)C(F)(F)[C@]1(O)C2O. The second-order valence-corrected chi connectivity index (χ2v) is 5.53. The Kier molecular flexibility index (Phi) is 2.32. The molecule has 23 heavy (non-hydrogen) atoms. The highest BCUT2D eigenvalue weighted by Crippen LogP contribution is 2.69. The molecule has 0 amide bonds. The van der Waals surface area contributed by atoms with Crippen LogP contribution in [-0.4, -0.2) is 53.0 Å². The molecule has 4 rings (SSSR count). The van der Waals surface area contributed by atoms with Crippen molar-refractivity contribution < 1.29 is 23.7 Å². The molecular formula is C12H11F2N5O4. The zero-order valence-electron chi connectivity index (χ0n) is 11.4. The average molecular weight is 327 g/mol. The first-order valence-electron chi connectivity index (χ1n) is 6.52. The van der Waals surface area contributed by atoms with Crippen molar-refractivity contribution in [3.63, 3.8) is 0 Å². The van der Waals surface area contributed by atoms with Gasteiger partial charge in [-0.05, 0) is 0 Å². The number of alkyl halides is 2. The van der Waals surface area contributed by atoms with Crippen molar-refractivity contribution in [3.05, 3.63) is 29.3 Å². The number of halogens is 2. The van der Waals surface area contributed by atoms with Gasteiger partial charge in [-0.25, -0.2) is 4.98 Å². The molecule has 1 aliphatic heterocycles. The number of hydrogen-bond donors (Lipinski definition) is 4. The third kappa shape index (κ3) is 1.30. The predicted octanol–water partition coefficient (Wildman–Crippen LogP) is -1.10. The predicted molar refractivity (Wildman–Crippen MR) is 71.5 cm³/mol. The fourth-order valence-electron chi connectivity index (χ4n) is 3.14. The van der Waals surface area contributed by atoms with Crippen molar-refractivity contribution in [2.45, 2.75) is 29.5 Å². The van der Waals surface area contributed by atoms with Gasteiger partial charge in [-0.1, -0.05) is 6.08 Å². The molecule has 2 aliphatic rings. The number of nitrogens with two attached hydrogens (primary N) is 1. The Morgan fingerprint density at radius 2 is 2.26 bits per heavy atom. The minimum Gasteiger partial charge on any atom is -0.386 e. The summed E-state index contributed by atoms with van der Waals surface area (Å²) in [4.78, 5) is 21.4. The maximum absolute atomic E-state index is 14.6. The molecule has 2 fully saturated rings. The summed E-state index contributed by atoms with van der Waals surface area (Å²) in [7, 11) is 0. The lowest BCUT2D eigenvalue weighted by Gasteiger charge is -2.26. The molecule has 1 saturated carbocycles. The molecule has 0 bridgehead atoms. The van der Waals surface area contributed by atoms with E-state index in [-0.39, 0.29) is 17.1 Å². The lowest BCUT2D eigenvalue weighted by molar-refractivity contribution is -0.197. The normalized spacial score (nSPS) is 37.7. The number of imidazole rings is 1. The second-order valence-electron chi connectivity index (χ2n) is 5.53. The van der Waals surface area contributed by atoms with Crippen molar-refractivity contribution >= 4 is 17.1 Å². The van der Waals surface area contributed by atoms with E-state index in [1.165, 1.54) is 0 Å². The zero-order chi connectivity index (χ0) is 16.8. The summed E-state index contributed by atoms with van der Waals surface area (Å²) < 4.78 is 35.2. The number of nitrogens with zero attached hydrogens (tertiary/aromatic N) is 3. The van der Waals surface area contributed by atoms with Gasteiger partial charge in [-0.2, -0.15) is 13.8 Å². The number of rotatable bonds is 2. The van der Waals surface area contributed by atoms with E-state index in [0.29, 0.717) is 0 Å². The third-order valence-corrected chi connectivity index (χ3v) is 4.45. The lowest BCUT2D eigenvalue weighted by Crippen LogP contribution is -2.43. The Balaban J connectivity index is 1.91. The smallest absolute Gasteiger partial charge is 0.326 e. The summed E-state index contributed by atoms with van der Waals surface area (Å²) in [5.74, 6) is -4.17. The summed E-state index contributed by atoms with van der Waals surface area (Å²) in [5, 5.41) is 19.8. The first-order valence-corrected chi connectivity index (χ1v) is 6.52. The van der Waals surface area contributed by atoms with E-state index in [9.17, 15) is 23.8 Å². The lowest BCUT2D eigenvalue weighted by atomic mass is 10.1. The van der Waals surface area contributed by atoms with Gasteiger partial charge in [0.05, 0.1) is 6.33 Å². The highest BCUT2D eigenvalue weighted by Gasteiger charge is 2.94. The van der Waals surface area contributed by atoms with E-state index < -0.39 is 35.0 Å². The first-order chi connectivity index (χ1) is 10.7. The minimum atomic E-state index is -3.88. The minimum absolute atomic E-state index is 0.209. The van der Waals surface area contributed by atoms with Gasteiger partial charge in [0.1, 0.15) is 6.10 Å². The van der Waals surface area contributed by atoms with Crippen LogP contribution in [0.5, 0.6) is 0 Å². The maximum atomic E-state index is 14.6. The van der Waals surface area contributed by atoms with E-state index in [1.54, 1.807) is 0 Å². The van der Waals surface area contributed by atoms with Crippen LogP contribution >= 0.6 is 0 Å². The van der Waals surface area contributed by atoms with Gasteiger partial charge in [0, 0.05) is 0 Å². The van der Waals surface area contributed by atoms with Crippen molar-refractivity contribution in [2.75, 3.05) is 5.73 Å². The van der Waals surface area contributed by atoms with Gasteiger partial charge >= 0.3 is 5.92 Å². The molecule has 5 N–H and O–H groups in total. The van der Waals surface area contributed by atoms with Crippen molar-refractivity contribution in [2.24, 2.45) is 0 Å². The number of aliphatic hydroxyl groups is 2. The molecule has 2 aromatic heterocycles. The molecule has 0 aromatic carbocycles. The Hall–Kier alpha value is -2.37. The van der Waals surface area contributed by atoms with Gasteiger partial charge in [-0.3, -0.25) is 14.3 Å². The van der Waals surface area contributed by atoms with E-state index in [0.717, 1.165) is 17.0 Å². The summed E-state index contributed by atoms with van der Waals surface area (Å²) in [6.07, 6.45) is -1.98. The molecule has 2 aromatic rings. The number of fused-ring (bicyclic) bond motifs is 2. The van der Waals surface area contributed by atoms with Crippen molar-refractivity contribution in [3.8, 4) is 0 Å². The second kappa shape index (κ2) is 3.75. The molecule has 9 nitrogen and oxygen atoms in total. The van der Waals surface area contributed by atoms with E-state index in [4.69, 9.17) is 10.5 Å². The number of aromatic amines is 1. The third-order valence-electron chi connectivity index (χ3n) is 4.45. The molecule has 1 aliphatic carbocycles. The number of ether oxygens (including phenoxy) is 1. The number of aromatic nitrogens is 4. The molecule has 11 heteroatoms. The average Bonchev–Trinajstić information content (AvgIpc) is 2.77. The maximum Gasteiger partial charge on any atom is 0.326 e. The molecule has 0 radical (unpaired) electrons. The highest BCUT2D eigenvalue weighted by molar-refractivity contribution is 5.70. The van der Waals surface area contributed by atoms with Gasteiger partial charge in [0.15, 0.2) is 22.4 Å². The summed E-state index contributed by atoms with van der Waals surface area (Å²) in [6, 6.07) is 0. The highest BCUT2D eigenvalue weighted by atomic mass is 19.3. The van der Waals surface area contributed by atoms with Crippen LogP contribution < -0.4 is 11.3 Å². The quantitative estimate of drug-likeness (QED) is 0.513. The summed E-state index contributed by atoms with van der Waals surface area (Å²) in [5.41, 5.74) is -0.527. The van der Waals surface area contributed by atoms with Crippen LogP contribution in [0.2, 0.25) is 0 Å². The molecule has 122 valence electrons. The van der Waals surface area contributed by atoms with Gasteiger partial charge < -0.3 is 20.7 Å². The van der Waals surface area contributed by atoms with Crippen LogP contribution in [0.15, 0.2) is 23.8 Å². The topological polar surface area (TPSA) is 139 Å². The molecule has 0 spiro atoms. The van der Waals surface area contributed by atoms with Crippen LogP contribution in [0, 0.1) is 0 Å². The molecule has 1 unspecified atom stereocenters. The number of hydrogen-bond acceptors (Lipinski definition) is 7. The van der Waals surface area contributed by atoms with Crippen molar-refractivity contribution in [1.29, 1.82) is 0 Å². The Bertz CT molecular complexity index is 910. The molecule has 3 heterocycles. The van der Waals surface area contributed by atoms with Crippen LogP contribution in [-0.2, 0) is 4.74 Å². The van der Waals surface area contributed by atoms with Crippen LogP contribution in [0.1, 0.15) is 6.23 Å². The fraction of sp³-hybridized carbons (Fsp3) is 0.417. The van der Waals surface area contributed by atoms with Crippen LogP contribution in [0.4, 0.5) is 14.7 Å². The number of anilines is 1. The van der Waals surface area contributed by atoms with Gasteiger partial charge in [0.2, 0.25) is 12.2 Å². The number of aliphatic hydroxyl groups excluding tert-OH is 1. The molecular weight excluding hydrogens is 316 g/mol. The first kappa shape index (κ1) is 14.2. The Labute approximate surface area is 126 Å². The van der Waals surface area contributed by atoms with Crippen LogP contribution in [0.3, 0.4) is 0 Å². The summed E-state index contributed by atoms with van der Waals surface area (Å²) >= 11 is 0. The molecule has 1 saturated heterocycles. The van der Waals surface area contributed by atoms with E-state index in [1.807, 2.05) is 0 Å². The largest absolute Gasteiger partial charge is 0.386 e. The zero-order valence-corrected chi connectivity index (χ0v) is 11.4. The Morgan fingerprint density at radius 1 is 1.57 bits per heavy atom. The van der Waals surface area contributed by atoms with Crippen LogP contribution in [0.25, 0.3) is 11.2 Å². The summed E-state index contributed by atoms with van der Waals surface area (Å²) in [6.45, 7) is 3.33. The fourth-order valence-corrected chi connectivity index (χ4v) is 3.14. The van der Waals surface area contributed by atoms with Gasteiger partial charge in [0.25, 0.3) is 5.56 Å². The number of H-pyrrole nitrogens is 1. The monoisotopic (exact) mass is 327 g/mol. The van der Waals surface area contributed by atoms with Gasteiger partial charge in [-0.15, -0.1) is 6.58 Å². The van der Waals surface area contributed by atoms with E-state index >= 15 is 0 Å². The van der Waals surface area contributed by atoms with Crippen molar-refractivity contribution in [1.82, 2.24) is 19.5 Å².